The molecule has 1 amide bonds. The molecule has 2 heterocycles. The van der Waals surface area contributed by atoms with Gasteiger partial charge < -0.3 is 23.2 Å². The van der Waals surface area contributed by atoms with Crippen molar-refractivity contribution < 1.29 is 28.2 Å². The maximum absolute atomic E-state index is 12.8. The summed E-state index contributed by atoms with van der Waals surface area (Å²) in [5.41, 5.74) is 1.27. The molecule has 0 saturated heterocycles. The standard InChI is InChI=1S/C21H18N2O6S/c1-26-15-9-13-18(10-16(15)27-2)30-21(23(13)11-19(24)28-3)22-20(25)17-8-12-6-4-5-7-14(12)29-17/h4-10H,11H2,1-3H3. The minimum Gasteiger partial charge on any atom is -0.493 e. The third-order valence-electron chi connectivity index (χ3n) is 4.54. The summed E-state index contributed by atoms with van der Waals surface area (Å²) in [6.07, 6.45) is 0. The van der Waals surface area contributed by atoms with Gasteiger partial charge in [0, 0.05) is 17.5 Å². The van der Waals surface area contributed by atoms with Gasteiger partial charge in [0.15, 0.2) is 22.1 Å². The number of aromatic nitrogens is 1. The molecule has 2 aromatic carbocycles. The van der Waals surface area contributed by atoms with E-state index in [1.54, 1.807) is 28.8 Å². The number of esters is 1. The Kier molecular flexibility index (Phi) is 5.28. The van der Waals surface area contributed by atoms with Crippen molar-refractivity contribution in [3.8, 4) is 11.5 Å². The molecule has 0 radical (unpaired) electrons. The Balaban J connectivity index is 1.87. The zero-order chi connectivity index (χ0) is 21.3. The highest BCUT2D eigenvalue weighted by Gasteiger charge is 2.17. The summed E-state index contributed by atoms with van der Waals surface area (Å²) in [5, 5.41) is 0.810. The van der Waals surface area contributed by atoms with E-state index >= 15 is 0 Å². The van der Waals surface area contributed by atoms with Crippen LogP contribution >= 0.6 is 11.3 Å². The molecule has 8 nitrogen and oxygen atoms in total. The molecule has 0 aliphatic heterocycles. The lowest BCUT2D eigenvalue weighted by atomic mass is 10.2. The summed E-state index contributed by atoms with van der Waals surface area (Å²) in [6.45, 7) is -0.113. The monoisotopic (exact) mass is 426 g/mol. The van der Waals surface area contributed by atoms with Crippen molar-refractivity contribution in [1.29, 1.82) is 0 Å². The highest BCUT2D eigenvalue weighted by Crippen LogP contribution is 2.33. The van der Waals surface area contributed by atoms with E-state index < -0.39 is 11.9 Å². The average Bonchev–Trinajstić information content (AvgIpc) is 3.34. The number of hydrogen-bond donors (Lipinski definition) is 0. The molecule has 0 N–H and O–H groups in total. The lowest BCUT2D eigenvalue weighted by Crippen LogP contribution is -2.22. The second kappa shape index (κ2) is 8.03. The molecule has 0 fully saturated rings. The first-order valence-electron chi connectivity index (χ1n) is 8.94. The number of hydrogen-bond acceptors (Lipinski definition) is 7. The fourth-order valence-electron chi connectivity index (χ4n) is 3.06. The van der Waals surface area contributed by atoms with Gasteiger partial charge in [0.25, 0.3) is 0 Å². The van der Waals surface area contributed by atoms with Crippen LogP contribution in [0.15, 0.2) is 51.9 Å². The Bertz CT molecular complexity index is 1300. The summed E-state index contributed by atoms with van der Waals surface area (Å²) >= 11 is 1.25. The van der Waals surface area contributed by atoms with Crippen LogP contribution in [0.1, 0.15) is 10.6 Å². The minimum absolute atomic E-state index is 0.113. The molecule has 154 valence electrons. The Morgan fingerprint density at radius 2 is 1.80 bits per heavy atom. The third kappa shape index (κ3) is 3.55. The van der Waals surface area contributed by atoms with Crippen molar-refractivity contribution in [2.75, 3.05) is 21.3 Å². The van der Waals surface area contributed by atoms with Gasteiger partial charge in [0.2, 0.25) is 0 Å². The van der Waals surface area contributed by atoms with Crippen molar-refractivity contribution in [3.63, 3.8) is 0 Å². The summed E-state index contributed by atoms with van der Waals surface area (Å²) in [6, 6.07) is 12.5. The number of ether oxygens (including phenoxy) is 3. The van der Waals surface area contributed by atoms with Crippen molar-refractivity contribution in [2.45, 2.75) is 6.54 Å². The zero-order valence-electron chi connectivity index (χ0n) is 16.5. The first-order chi connectivity index (χ1) is 14.5. The van der Waals surface area contributed by atoms with Crippen molar-refractivity contribution in [3.05, 3.63) is 53.0 Å². The quantitative estimate of drug-likeness (QED) is 0.454. The number of benzene rings is 2. The van der Waals surface area contributed by atoms with Crippen molar-refractivity contribution >= 4 is 44.4 Å². The van der Waals surface area contributed by atoms with E-state index in [1.165, 1.54) is 32.7 Å². The molecule has 9 heteroatoms. The summed E-state index contributed by atoms with van der Waals surface area (Å²) < 4.78 is 23.5. The Morgan fingerprint density at radius 3 is 2.50 bits per heavy atom. The number of rotatable bonds is 5. The molecule has 0 aliphatic rings. The van der Waals surface area contributed by atoms with Gasteiger partial charge >= 0.3 is 11.9 Å². The minimum atomic E-state index is -0.546. The van der Waals surface area contributed by atoms with Gasteiger partial charge in [-0.25, -0.2) is 0 Å². The van der Waals surface area contributed by atoms with Crippen LogP contribution in [-0.2, 0) is 16.1 Å². The second-order valence-corrected chi connectivity index (χ2v) is 7.30. The molecule has 30 heavy (non-hydrogen) atoms. The van der Waals surface area contributed by atoms with Gasteiger partial charge in [-0.3, -0.25) is 9.59 Å². The van der Waals surface area contributed by atoms with E-state index in [4.69, 9.17) is 18.6 Å². The predicted molar refractivity (Wildman–Crippen MR) is 111 cm³/mol. The number of methoxy groups -OCH3 is 3. The number of fused-ring (bicyclic) bond motifs is 2. The van der Waals surface area contributed by atoms with Gasteiger partial charge in [-0.2, -0.15) is 4.99 Å². The molecule has 0 aliphatic carbocycles. The van der Waals surface area contributed by atoms with E-state index in [9.17, 15) is 9.59 Å². The zero-order valence-corrected chi connectivity index (χ0v) is 17.3. The van der Waals surface area contributed by atoms with Gasteiger partial charge in [0.05, 0.1) is 31.5 Å². The summed E-state index contributed by atoms with van der Waals surface area (Å²) in [5.74, 6) is 0.133. The number of amides is 1. The summed E-state index contributed by atoms with van der Waals surface area (Å²) in [7, 11) is 4.37. The Hall–Kier alpha value is -3.59. The van der Waals surface area contributed by atoms with E-state index in [2.05, 4.69) is 4.99 Å². The lowest BCUT2D eigenvalue weighted by molar-refractivity contribution is -0.141. The van der Waals surface area contributed by atoms with E-state index in [0.717, 1.165) is 10.1 Å². The van der Waals surface area contributed by atoms with E-state index in [0.29, 0.717) is 27.4 Å². The van der Waals surface area contributed by atoms with Crippen molar-refractivity contribution in [1.82, 2.24) is 4.57 Å². The van der Waals surface area contributed by atoms with Crippen molar-refractivity contribution in [2.24, 2.45) is 4.99 Å². The number of nitrogens with zero attached hydrogens (tertiary/aromatic N) is 2. The maximum atomic E-state index is 12.8. The number of thiazole rings is 1. The SMILES string of the molecule is COC(=O)Cn1c(=NC(=O)c2cc3ccccc3o2)sc2cc(OC)c(OC)cc21. The maximum Gasteiger partial charge on any atom is 0.325 e. The second-order valence-electron chi connectivity index (χ2n) is 6.29. The predicted octanol–water partition coefficient (Wildman–Crippen LogP) is 3.38. The topological polar surface area (TPSA) is 92.3 Å². The van der Waals surface area contributed by atoms with Crippen LogP contribution in [0, 0.1) is 0 Å². The first-order valence-corrected chi connectivity index (χ1v) is 9.75. The van der Waals surface area contributed by atoms with Gasteiger partial charge in [-0.05, 0) is 12.1 Å². The smallest absolute Gasteiger partial charge is 0.325 e. The molecule has 0 unspecified atom stereocenters. The van der Waals surface area contributed by atoms with E-state index in [1.807, 2.05) is 18.2 Å². The number of carbonyl (C=O) groups is 2. The Labute approximate surface area is 174 Å². The van der Waals surface area contributed by atoms with Crippen LogP contribution < -0.4 is 14.3 Å². The highest BCUT2D eigenvalue weighted by atomic mass is 32.1. The normalized spacial score (nSPS) is 11.8. The molecular weight excluding hydrogens is 408 g/mol. The van der Waals surface area contributed by atoms with Crippen LogP contribution in [-0.4, -0.2) is 37.8 Å². The van der Waals surface area contributed by atoms with Gasteiger partial charge in [-0.1, -0.05) is 29.5 Å². The van der Waals surface area contributed by atoms with E-state index in [-0.39, 0.29) is 12.3 Å². The van der Waals surface area contributed by atoms with Crippen LogP contribution in [0.4, 0.5) is 0 Å². The lowest BCUT2D eigenvalue weighted by Gasteiger charge is -2.08. The highest BCUT2D eigenvalue weighted by molar-refractivity contribution is 7.16. The molecule has 0 atom stereocenters. The largest absolute Gasteiger partial charge is 0.493 e. The molecule has 4 aromatic rings. The average molecular weight is 426 g/mol. The fourth-order valence-corrected chi connectivity index (χ4v) is 4.10. The molecule has 0 saturated carbocycles. The Morgan fingerprint density at radius 1 is 1.07 bits per heavy atom. The van der Waals surface area contributed by atoms with Gasteiger partial charge in [-0.15, -0.1) is 0 Å². The van der Waals surface area contributed by atoms with Gasteiger partial charge in [0.1, 0.15) is 12.1 Å². The number of para-hydroxylation sites is 1. The van der Waals surface area contributed by atoms with Crippen LogP contribution in [0.25, 0.3) is 21.2 Å². The molecule has 4 rings (SSSR count). The fraction of sp³-hybridized carbons (Fsp3) is 0.190. The number of carbonyl (C=O) groups excluding carboxylic acids is 2. The molecular formula is C21H18N2O6S. The van der Waals surface area contributed by atoms with Crippen LogP contribution in [0.5, 0.6) is 11.5 Å². The first kappa shape index (κ1) is 19.7. The summed E-state index contributed by atoms with van der Waals surface area (Å²) in [4.78, 5) is 29.3. The van der Waals surface area contributed by atoms with Crippen LogP contribution in [0.3, 0.4) is 0 Å². The molecule has 2 aromatic heterocycles. The molecule has 0 spiro atoms. The molecule has 0 bridgehead atoms. The third-order valence-corrected chi connectivity index (χ3v) is 5.58. The number of furan rings is 1. The van der Waals surface area contributed by atoms with Crippen LogP contribution in [0.2, 0.25) is 0 Å².